The van der Waals surface area contributed by atoms with Crippen LogP contribution < -0.4 is 10.1 Å². The Kier molecular flexibility index (Phi) is 4.25. The number of furan rings is 1. The molecule has 2 N–H and O–H groups in total. The fourth-order valence-electron chi connectivity index (χ4n) is 1.95. The molecule has 8 nitrogen and oxygen atoms in total. The Morgan fingerprint density at radius 3 is 2.75 bits per heavy atom. The van der Waals surface area contributed by atoms with Gasteiger partial charge in [0.15, 0.2) is 10.9 Å². The molecule has 0 fully saturated rings. The lowest BCUT2D eigenvalue weighted by molar-refractivity contribution is 0.103. The SMILES string of the molecule is COc1ccc(C(=O)c2sc(NC(=O)O)nc2-c2ccco2)nc1. The molecule has 0 aliphatic carbocycles. The maximum absolute atomic E-state index is 12.7. The number of hydrogen-bond donors (Lipinski definition) is 2. The Labute approximate surface area is 139 Å². The Hall–Kier alpha value is -3.20. The number of carboxylic acid groups (broad SMARTS) is 1. The van der Waals surface area contributed by atoms with Gasteiger partial charge in [0.05, 0.1) is 19.6 Å². The van der Waals surface area contributed by atoms with Gasteiger partial charge in [-0.3, -0.25) is 10.1 Å². The van der Waals surface area contributed by atoms with Gasteiger partial charge in [-0.2, -0.15) is 0 Å². The minimum atomic E-state index is -1.27. The second kappa shape index (κ2) is 6.50. The Balaban J connectivity index is 2.02. The van der Waals surface area contributed by atoms with E-state index in [0.717, 1.165) is 11.3 Å². The summed E-state index contributed by atoms with van der Waals surface area (Å²) in [4.78, 5) is 31.9. The summed E-state index contributed by atoms with van der Waals surface area (Å²) in [5, 5.41) is 11.0. The summed E-state index contributed by atoms with van der Waals surface area (Å²) < 4.78 is 10.3. The zero-order valence-corrected chi connectivity index (χ0v) is 13.2. The molecule has 0 bridgehead atoms. The van der Waals surface area contributed by atoms with Crippen LogP contribution >= 0.6 is 11.3 Å². The minimum Gasteiger partial charge on any atom is -0.495 e. The molecule has 24 heavy (non-hydrogen) atoms. The van der Waals surface area contributed by atoms with Crippen molar-refractivity contribution in [3.05, 3.63) is 47.3 Å². The van der Waals surface area contributed by atoms with E-state index in [-0.39, 0.29) is 27.2 Å². The molecular formula is C15H11N3O5S. The van der Waals surface area contributed by atoms with Gasteiger partial charge in [0.1, 0.15) is 22.0 Å². The zero-order valence-electron chi connectivity index (χ0n) is 12.3. The van der Waals surface area contributed by atoms with Crippen molar-refractivity contribution in [3.63, 3.8) is 0 Å². The third kappa shape index (κ3) is 3.10. The van der Waals surface area contributed by atoms with Gasteiger partial charge in [0.2, 0.25) is 5.78 Å². The van der Waals surface area contributed by atoms with E-state index in [1.807, 2.05) is 0 Å². The topological polar surface area (TPSA) is 115 Å². The fourth-order valence-corrected chi connectivity index (χ4v) is 2.86. The van der Waals surface area contributed by atoms with Crippen LogP contribution in [0.2, 0.25) is 0 Å². The standard InChI is InChI=1S/C15H11N3O5S/c1-22-8-4-5-9(16-7-8)12(19)13-11(10-3-2-6-23-10)17-14(24-13)18-15(20)21/h2-7H,1H3,(H,17,18)(H,20,21). The summed E-state index contributed by atoms with van der Waals surface area (Å²) in [6.45, 7) is 0. The Bertz CT molecular complexity index is 871. The molecule has 0 atom stereocenters. The van der Waals surface area contributed by atoms with Crippen molar-refractivity contribution in [2.24, 2.45) is 0 Å². The molecule has 3 aromatic rings. The van der Waals surface area contributed by atoms with Crippen molar-refractivity contribution in [1.82, 2.24) is 9.97 Å². The molecule has 3 aromatic heterocycles. The van der Waals surface area contributed by atoms with E-state index in [4.69, 9.17) is 14.3 Å². The number of methoxy groups -OCH3 is 1. The predicted octanol–water partition coefficient (Wildman–Crippen LogP) is 3.13. The fraction of sp³-hybridized carbons (Fsp3) is 0.0667. The molecule has 0 aliphatic rings. The molecule has 1 amide bonds. The second-order valence-corrected chi connectivity index (χ2v) is 5.52. The number of ketones is 1. The van der Waals surface area contributed by atoms with E-state index < -0.39 is 6.09 Å². The molecule has 122 valence electrons. The lowest BCUT2D eigenvalue weighted by Crippen LogP contribution is -2.06. The van der Waals surface area contributed by atoms with Crippen LogP contribution in [0.15, 0.2) is 41.1 Å². The highest BCUT2D eigenvalue weighted by Gasteiger charge is 2.24. The molecule has 0 radical (unpaired) electrons. The van der Waals surface area contributed by atoms with E-state index in [2.05, 4.69) is 15.3 Å². The number of carbonyl (C=O) groups excluding carboxylic acids is 1. The van der Waals surface area contributed by atoms with Crippen molar-refractivity contribution in [3.8, 4) is 17.2 Å². The summed E-state index contributed by atoms with van der Waals surface area (Å²) in [5.74, 6) is 0.497. The lowest BCUT2D eigenvalue weighted by Gasteiger charge is -2.01. The molecule has 0 saturated heterocycles. The number of rotatable bonds is 5. The smallest absolute Gasteiger partial charge is 0.410 e. The van der Waals surface area contributed by atoms with Crippen molar-refractivity contribution < 1.29 is 23.8 Å². The molecular weight excluding hydrogens is 334 g/mol. The summed E-state index contributed by atoms with van der Waals surface area (Å²) >= 11 is 0.915. The van der Waals surface area contributed by atoms with Gasteiger partial charge >= 0.3 is 6.09 Å². The number of nitrogens with one attached hydrogen (secondary N) is 1. The van der Waals surface area contributed by atoms with Crippen LogP contribution in [-0.2, 0) is 0 Å². The van der Waals surface area contributed by atoms with E-state index >= 15 is 0 Å². The van der Waals surface area contributed by atoms with Gasteiger partial charge < -0.3 is 14.3 Å². The van der Waals surface area contributed by atoms with Crippen molar-refractivity contribution in [2.45, 2.75) is 0 Å². The quantitative estimate of drug-likeness (QED) is 0.683. The third-order valence-electron chi connectivity index (χ3n) is 3.01. The van der Waals surface area contributed by atoms with E-state index in [1.54, 1.807) is 18.2 Å². The maximum atomic E-state index is 12.7. The number of hydrogen-bond acceptors (Lipinski definition) is 7. The first-order valence-electron chi connectivity index (χ1n) is 6.68. The van der Waals surface area contributed by atoms with E-state index in [1.165, 1.54) is 25.6 Å². The largest absolute Gasteiger partial charge is 0.495 e. The van der Waals surface area contributed by atoms with Crippen LogP contribution in [0.4, 0.5) is 9.93 Å². The third-order valence-corrected chi connectivity index (χ3v) is 3.98. The van der Waals surface area contributed by atoms with Crippen LogP contribution in [-0.4, -0.2) is 34.1 Å². The van der Waals surface area contributed by atoms with Gasteiger partial charge in [-0.25, -0.2) is 14.8 Å². The highest BCUT2D eigenvalue weighted by molar-refractivity contribution is 7.18. The summed E-state index contributed by atoms with van der Waals surface area (Å²) in [7, 11) is 1.50. The molecule has 0 aliphatic heterocycles. The molecule has 0 unspecified atom stereocenters. The first-order valence-corrected chi connectivity index (χ1v) is 7.49. The summed E-state index contributed by atoms with van der Waals surface area (Å²) in [6, 6.07) is 6.43. The molecule has 0 aromatic carbocycles. The van der Waals surface area contributed by atoms with Gasteiger partial charge in [-0.05, 0) is 24.3 Å². The number of anilines is 1. The molecule has 9 heteroatoms. The highest BCUT2D eigenvalue weighted by atomic mass is 32.1. The zero-order chi connectivity index (χ0) is 17.1. The first-order chi connectivity index (χ1) is 11.6. The number of aromatic nitrogens is 2. The Morgan fingerprint density at radius 2 is 2.17 bits per heavy atom. The molecule has 3 heterocycles. The first kappa shape index (κ1) is 15.7. The van der Waals surface area contributed by atoms with Crippen LogP contribution in [0, 0.1) is 0 Å². The molecule has 3 rings (SSSR count). The highest BCUT2D eigenvalue weighted by Crippen LogP contribution is 2.33. The van der Waals surface area contributed by atoms with Gasteiger partial charge in [-0.1, -0.05) is 11.3 Å². The molecule has 0 spiro atoms. The minimum absolute atomic E-state index is 0.0748. The van der Waals surface area contributed by atoms with Gasteiger partial charge in [0.25, 0.3) is 0 Å². The predicted molar refractivity (Wildman–Crippen MR) is 85.7 cm³/mol. The van der Waals surface area contributed by atoms with Crippen molar-refractivity contribution in [1.29, 1.82) is 0 Å². The molecule has 0 saturated carbocycles. The van der Waals surface area contributed by atoms with Crippen molar-refractivity contribution >= 4 is 28.3 Å². The Morgan fingerprint density at radius 1 is 1.33 bits per heavy atom. The van der Waals surface area contributed by atoms with Crippen molar-refractivity contribution in [2.75, 3.05) is 12.4 Å². The van der Waals surface area contributed by atoms with Gasteiger partial charge in [-0.15, -0.1) is 0 Å². The average molecular weight is 345 g/mol. The number of thiazole rings is 1. The number of carbonyl (C=O) groups is 2. The van der Waals surface area contributed by atoms with E-state index in [9.17, 15) is 9.59 Å². The number of ether oxygens (including phenoxy) is 1. The maximum Gasteiger partial charge on any atom is 0.410 e. The summed E-state index contributed by atoms with van der Waals surface area (Å²) in [6.07, 6.45) is 1.60. The number of nitrogens with zero attached hydrogens (tertiary/aromatic N) is 2. The number of pyridine rings is 1. The monoisotopic (exact) mass is 345 g/mol. The van der Waals surface area contributed by atoms with Crippen LogP contribution in [0.3, 0.4) is 0 Å². The normalized spacial score (nSPS) is 10.4. The van der Waals surface area contributed by atoms with Crippen LogP contribution in [0.5, 0.6) is 5.75 Å². The number of amides is 1. The van der Waals surface area contributed by atoms with Gasteiger partial charge in [0, 0.05) is 0 Å². The average Bonchev–Trinajstić information content (AvgIpc) is 3.23. The van der Waals surface area contributed by atoms with E-state index in [0.29, 0.717) is 11.5 Å². The van der Waals surface area contributed by atoms with Crippen LogP contribution in [0.1, 0.15) is 15.4 Å². The summed E-state index contributed by atoms with van der Waals surface area (Å²) in [5.41, 5.74) is 0.450. The second-order valence-electron chi connectivity index (χ2n) is 4.52. The lowest BCUT2D eigenvalue weighted by atomic mass is 10.1. The van der Waals surface area contributed by atoms with Crippen LogP contribution in [0.25, 0.3) is 11.5 Å².